The Morgan fingerprint density at radius 3 is 1.40 bits per heavy atom. The summed E-state index contributed by atoms with van der Waals surface area (Å²) < 4.78 is 0. The molecule has 0 radical (unpaired) electrons. The SMILES string of the molecule is c1cc2c3c(cccc3c1)-c1cc3c(cc1-2)c(-c1cccc2ncccc12)cc1c2cc4c(c(-c5cccc6ncccc56)c2ccc31)-c1cccc2cccc-4c12. The molecular weight excluding hydrogens is 701 g/mol. The number of rotatable bonds is 2. The third-order valence-electron chi connectivity index (χ3n) is 13.2. The van der Waals surface area contributed by atoms with E-state index in [2.05, 4.69) is 170 Å². The van der Waals surface area contributed by atoms with Gasteiger partial charge in [-0.25, -0.2) is 0 Å². The fourth-order valence-electron chi connectivity index (χ4n) is 10.8. The van der Waals surface area contributed by atoms with E-state index in [4.69, 9.17) is 9.97 Å². The number of hydrogen-bond acceptors (Lipinski definition) is 2. The lowest BCUT2D eigenvalue weighted by atomic mass is 9.83. The summed E-state index contributed by atoms with van der Waals surface area (Å²) >= 11 is 0. The lowest BCUT2D eigenvalue weighted by Crippen LogP contribution is -1.93. The first kappa shape index (κ1) is 30.5. The van der Waals surface area contributed by atoms with Crippen LogP contribution in [0.4, 0.5) is 0 Å². The molecule has 12 aromatic rings. The molecule has 0 saturated heterocycles. The summed E-state index contributed by atoms with van der Waals surface area (Å²) in [4.78, 5) is 9.64. The summed E-state index contributed by atoms with van der Waals surface area (Å²) in [7, 11) is 0. The molecule has 0 aliphatic heterocycles. The Kier molecular flexibility index (Phi) is 5.79. The van der Waals surface area contributed by atoms with Gasteiger partial charge in [0.2, 0.25) is 0 Å². The summed E-state index contributed by atoms with van der Waals surface area (Å²) in [6.45, 7) is 0. The predicted octanol–water partition coefficient (Wildman–Crippen LogP) is 15.2. The van der Waals surface area contributed by atoms with Gasteiger partial charge in [-0.2, -0.15) is 0 Å². The van der Waals surface area contributed by atoms with Crippen molar-refractivity contribution in [1.29, 1.82) is 0 Å². The normalized spacial score (nSPS) is 12.5. The van der Waals surface area contributed by atoms with E-state index in [9.17, 15) is 0 Å². The van der Waals surface area contributed by atoms with Crippen molar-refractivity contribution >= 4 is 75.7 Å². The van der Waals surface area contributed by atoms with Crippen LogP contribution in [0.25, 0.3) is 142 Å². The highest BCUT2D eigenvalue weighted by Gasteiger charge is 2.29. The van der Waals surface area contributed by atoms with Crippen molar-refractivity contribution in [3.05, 3.63) is 182 Å². The van der Waals surface area contributed by atoms with Gasteiger partial charge in [0.15, 0.2) is 0 Å². The molecule has 264 valence electrons. The second kappa shape index (κ2) is 11.0. The van der Waals surface area contributed by atoms with Crippen LogP contribution in [0.2, 0.25) is 0 Å². The summed E-state index contributed by atoms with van der Waals surface area (Å²) in [6.07, 6.45) is 3.79. The monoisotopic (exact) mass is 730 g/mol. The summed E-state index contributed by atoms with van der Waals surface area (Å²) in [5.41, 5.74) is 17.3. The van der Waals surface area contributed by atoms with Crippen molar-refractivity contribution in [2.45, 2.75) is 0 Å². The van der Waals surface area contributed by atoms with Crippen LogP contribution in [0.3, 0.4) is 0 Å². The zero-order chi connectivity index (χ0) is 37.6. The number of pyridine rings is 2. The maximum atomic E-state index is 4.83. The Morgan fingerprint density at radius 2 is 0.707 bits per heavy atom. The van der Waals surface area contributed by atoms with Crippen LogP contribution in [0.1, 0.15) is 0 Å². The van der Waals surface area contributed by atoms with Crippen molar-refractivity contribution in [1.82, 2.24) is 9.97 Å². The second-order valence-electron chi connectivity index (χ2n) is 16.0. The number of aromatic nitrogens is 2. The van der Waals surface area contributed by atoms with E-state index in [-0.39, 0.29) is 0 Å². The molecule has 2 heteroatoms. The minimum Gasteiger partial charge on any atom is -0.256 e. The molecule has 0 fully saturated rings. The summed E-state index contributed by atoms with van der Waals surface area (Å²) in [5.74, 6) is 0. The van der Waals surface area contributed by atoms with Crippen LogP contribution >= 0.6 is 0 Å². The lowest BCUT2D eigenvalue weighted by Gasteiger charge is -2.20. The lowest BCUT2D eigenvalue weighted by molar-refractivity contribution is 1.41. The minimum absolute atomic E-state index is 1.00. The number of nitrogens with zero attached hydrogens (tertiary/aromatic N) is 2. The Morgan fingerprint density at radius 1 is 0.241 bits per heavy atom. The zero-order valence-electron chi connectivity index (χ0n) is 31.2. The van der Waals surface area contributed by atoms with Gasteiger partial charge in [0.1, 0.15) is 0 Å². The summed E-state index contributed by atoms with van der Waals surface area (Å²) in [6, 6.07) is 63.5. The zero-order valence-corrected chi connectivity index (χ0v) is 31.2. The second-order valence-corrected chi connectivity index (χ2v) is 16.0. The fourth-order valence-corrected chi connectivity index (χ4v) is 10.8. The van der Waals surface area contributed by atoms with Gasteiger partial charge >= 0.3 is 0 Å². The van der Waals surface area contributed by atoms with Crippen molar-refractivity contribution in [3.8, 4) is 66.8 Å². The van der Waals surface area contributed by atoms with E-state index in [0.717, 1.165) is 21.8 Å². The van der Waals surface area contributed by atoms with Crippen LogP contribution in [0, 0.1) is 0 Å². The van der Waals surface area contributed by atoms with E-state index in [1.807, 2.05) is 12.4 Å². The molecule has 0 spiro atoms. The topological polar surface area (TPSA) is 25.8 Å². The van der Waals surface area contributed by atoms with Crippen molar-refractivity contribution < 1.29 is 0 Å². The molecule has 0 amide bonds. The van der Waals surface area contributed by atoms with Crippen molar-refractivity contribution in [2.75, 3.05) is 0 Å². The Labute approximate surface area is 333 Å². The van der Waals surface area contributed by atoms with Crippen LogP contribution < -0.4 is 0 Å². The van der Waals surface area contributed by atoms with Gasteiger partial charge in [0.05, 0.1) is 11.0 Å². The Hall–Kier alpha value is -7.68. The van der Waals surface area contributed by atoms with Gasteiger partial charge in [-0.05, 0) is 169 Å². The molecule has 14 rings (SSSR count). The van der Waals surface area contributed by atoms with Crippen LogP contribution in [0.5, 0.6) is 0 Å². The molecule has 10 aromatic carbocycles. The Bertz CT molecular complexity index is 3830. The molecule has 0 saturated carbocycles. The van der Waals surface area contributed by atoms with E-state index >= 15 is 0 Å². The van der Waals surface area contributed by atoms with Crippen molar-refractivity contribution in [2.24, 2.45) is 0 Å². The minimum atomic E-state index is 1.00. The van der Waals surface area contributed by atoms with Gasteiger partial charge < -0.3 is 0 Å². The van der Waals surface area contributed by atoms with Gasteiger partial charge in [-0.1, -0.05) is 121 Å². The quantitative estimate of drug-likeness (QED) is 0.166. The molecule has 2 aromatic heterocycles. The Balaban J connectivity index is 1.19. The fraction of sp³-hybridized carbons (Fsp3) is 0. The third kappa shape index (κ3) is 3.86. The third-order valence-corrected chi connectivity index (χ3v) is 13.2. The van der Waals surface area contributed by atoms with Gasteiger partial charge in [0, 0.05) is 23.2 Å². The highest BCUT2D eigenvalue weighted by molar-refractivity contribution is 6.31. The molecule has 58 heavy (non-hydrogen) atoms. The first-order chi connectivity index (χ1) is 28.8. The highest BCUT2D eigenvalue weighted by atomic mass is 14.6. The van der Waals surface area contributed by atoms with E-state index in [0.29, 0.717) is 0 Å². The molecule has 0 N–H and O–H groups in total. The van der Waals surface area contributed by atoms with Crippen LogP contribution in [0.15, 0.2) is 182 Å². The summed E-state index contributed by atoms with van der Waals surface area (Å²) in [5, 5.41) is 15.1. The van der Waals surface area contributed by atoms with Crippen LogP contribution in [-0.4, -0.2) is 9.97 Å². The molecule has 2 aliphatic rings. The smallest absolute Gasteiger partial charge is 0.0708 e. The standard InChI is InChI=1S/C56H30N2/c1-9-31-10-2-15-39-47-29-49-43(33-13-5-21-51-35(33)19-7-25-57-51)27-44-34(45(49)28-46(47)38(14-1)53(31)39)23-24-41-48(44)30-50-40-16-3-11-32-12-4-18-42(54(32)40)56(50)55(41)37-17-6-22-52-36(37)20-8-26-58-52/h1-30H. The molecule has 0 atom stereocenters. The molecule has 2 aliphatic carbocycles. The number of benzene rings is 10. The van der Waals surface area contributed by atoms with Gasteiger partial charge in [0.25, 0.3) is 0 Å². The van der Waals surface area contributed by atoms with Crippen molar-refractivity contribution in [3.63, 3.8) is 0 Å². The highest BCUT2D eigenvalue weighted by Crippen LogP contribution is 2.56. The number of fused-ring (bicyclic) bond motifs is 13. The molecule has 0 bridgehead atoms. The first-order valence-electron chi connectivity index (χ1n) is 20.1. The number of hydrogen-bond donors (Lipinski definition) is 0. The molecule has 0 unspecified atom stereocenters. The molecule has 2 nitrogen and oxygen atoms in total. The van der Waals surface area contributed by atoms with Crippen LogP contribution in [-0.2, 0) is 0 Å². The average molecular weight is 731 g/mol. The molecule has 2 heterocycles. The maximum absolute atomic E-state index is 4.83. The molecular formula is C56H30N2. The average Bonchev–Trinajstić information content (AvgIpc) is 3.78. The van der Waals surface area contributed by atoms with E-state index in [1.165, 1.54) is 121 Å². The van der Waals surface area contributed by atoms with Gasteiger partial charge in [-0.15, -0.1) is 0 Å². The van der Waals surface area contributed by atoms with E-state index < -0.39 is 0 Å². The largest absolute Gasteiger partial charge is 0.256 e. The predicted molar refractivity (Wildman–Crippen MR) is 244 cm³/mol. The first-order valence-corrected chi connectivity index (χ1v) is 20.1. The van der Waals surface area contributed by atoms with E-state index in [1.54, 1.807) is 0 Å². The van der Waals surface area contributed by atoms with Gasteiger partial charge in [-0.3, -0.25) is 9.97 Å². The maximum Gasteiger partial charge on any atom is 0.0708 e.